The Kier molecular flexibility index (Phi) is 4.98. The largest absolute Gasteiger partial charge is 0.480 e. The Hall–Kier alpha value is -0.580. The molecule has 5 heteroatoms. The van der Waals surface area contributed by atoms with Crippen LogP contribution in [0.25, 0.3) is 0 Å². The maximum Gasteiger partial charge on any atom is 0.325 e. The molecular weight excluding hydrogens is 257 g/mol. The number of aliphatic carboxylic acids is 1. The van der Waals surface area contributed by atoms with Crippen molar-refractivity contribution in [1.29, 1.82) is 0 Å². The highest BCUT2D eigenvalue weighted by atomic mass is 79.9. The Bertz CT molecular complexity index is 306. The number of carboxylic acids is 1. The van der Waals surface area contributed by atoms with E-state index < -0.39 is 12.0 Å². The molecule has 72 valence electrons. The van der Waals surface area contributed by atoms with E-state index in [0.717, 1.165) is 4.47 Å². The zero-order chi connectivity index (χ0) is 9.14. The van der Waals surface area contributed by atoms with Gasteiger partial charge in [0.15, 0.2) is 0 Å². The van der Waals surface area contributed by atoms with E-state index >= 15 is 0 Å². The quantitative estimate of drug-likeness (QED) is 0.860. The van der Waals surface area contributed by atoms with Gasteiger partial charge in [-0.2, -0.15) is 0 Å². The van der Waals surface area contributed by atoms with Gasteiger partial charge in [-0.3, -0.25) is 4.79 Å². The average Bonchev–Trinajstić information content (AvgIpc) is 2.03. The third-order valence-electron chi connectivity index (χ3n) is 1.47. The molecule has 0 bridgehead atoms. The first kappa shape index (κ1) is 12.4. The molecule has 0 heterocycles. The minimum atomic E-state index is -1.02. The fourth-order valence-electron chi connectivity index (χ4n) is 0.843. The van der Waals surface area contributed by atoms with Gasteiger partial charge in [0, 0.05) is 4.47 Å². The summed E-state index contributed by atoms with van der Waals surface area (Å²) in [4.78, 5) is 10.5. The van der Waals surface area contributed by atoms with Gasteiger partial charge in [0.25, 0.3) is 0 Å². The van der Waals surface area contributed by atoms with Gasteiger partial charge < -0.3 is 10.8 Å². The van der Waals surface area contributed by atoms with Crippen molar-refractivity contribution in [3.63, 3.8) is 0 Å². The van der Waals surface area contributed by atoms with E-state index in [1.807, 2.05) is 6.07 Å². The molecule has 1 aromatic carbocycles. The lowest BCUT2D eigenvalue weighted by Gasteiger charge is -2.05. The van der Waals surface area contributed by atoms with Gasteiger partial charge in [0.1, 0.15) is 6.04 Å². The fourth-order valence-corrected chi connectivity index (χ4v) is 1.26. The summed E-state index contributed by atoms with van der Waals surface area (Å²) in [6.45, 7) is 0. The maximum atomic E-state index is 10.5. The number of hydrogen-bond acceptors (Lipinski definition) is 2. The van der Waals surface area contributed by atoms with E-state index in [2.05, 4.69) is 15.9 Å². The number of carbonyl (C=O) groups is 1. The van der Waals surface area contributed by atoms with Crippen LogP contribution in [0.1, 0.15) is 11.6 Å². The highest BCUT2D eigenvalue weighted by Crippen LogP contribution is 2.16. The van der Waals surface area contributed by atoms with Crippen LogP contribution in [-0.2, 0) is 4.79 Å². The first-order valence-electron chi connectivity index (χ1n) is 3.35. The van der Waals surface area contributed by atoms with Gasteiger partial charge in [-0.05, 0) is 17.7 Å². The van der Waals surface area contributed by atoms with Crippen molar-refractivity contribution in [2.24, 2.45) is 5.73 Å². The van der Waals surface area contributed by atoms with Crippen molar-refractivity contribution in [1.82, 2.24) is 0 Å². The van der Waals surface area contributed by atoms with E-state index in [-0.39, 0.29) is 12.4 Å². The Balaban J connectivity index is 0.00000144. The highest BCUT2D eigenvalue weighted by molar-refractivity contribution is 9.10. The van der Waals surface area contributed by atoms with E-state index in [4.69, 9.17) is 10.8 Å². The first-order valence-corrected chi connectivity index (χ1v) is 4.14. The van der Waals surface area contributed by atoms with Crippen LogP contribution in [0.4, 0.5) is 0 Å². The topological polar surface area (TPSA) is 63.3 Å². The van der Waals surface area contributed by atoms with E-state index in [1.165, 1.54) is 0 Å². The molecule has 0 spiro atoms. The lowest BCUT2D eigenvalue weighted by atomic mass is 10.1. The SMILES string of the molecule is Cl.N[C@H](C(=O)O)c1cccc(Br)c1. The zero-order valence-corrected chi connectivity index (χ0v) is 9.01. The normalized spacial score (nSPS) is 11.5. The number of carboxylic acid groups (broad SMARTS) is 1. The van der Waals surface area contributed by atoms with Crippen LogP contribution in [0.2, 0.25) is 0 Å². The van der Waals surface area contributed by atoms with Gasteiger partial charge in [-0.15, -0.1) is 12.4 Å². The summed E-state index contributed by atoms with van der Waals surface area (Å²) in [5, 5.41) is 8.59. The molecule has 0 saturated carbocycles. The van der Waals surface area contributed by atoms with Crippen molar-refractivity contribution in [2.45, 2.75) is 6.04 Å². The number of benzene rings is 1. The lowest BCUT2D eigenvalue weighted by Crippen LogP contribution is -2.20. The van der Waals surface area contributed by atoms with Gasteiger partial charge in [0.05, 0.1) is 0 Å². The summed E-state index contributed by atoms with van der Waals surface area (Å²) in [6, 6.07) is 6.00. The van der Waals surface area contributed by atoms with Crippen molar-refractivity contribution in [3.8, 4) is 0 Å². The van der Waals surface area contributed by atoms with Crippen LogP contribution >= 0.6 is 28.3 Å². The summed E-state index contributed by atoms with van der Waals surface area (Å²) in [5.41, 5.74) is 5.98. The van der Waals surface area contributed by atoms with Gasteiger partial charge >= 0.3 is 5.97 Å². The van der Waals surface area contributed by atoms with Gasteiger partial charge in [0.2, 0.25) is 0 Å². The van der Waals surface area contributed by atoms with Crippen LogP contribution in [0, 0.1) is 0 Å². The van der Waals surface area contributed by atoms with Crippen LogP contribution in [-0.4, -0.2) is 11.1 Å². The number of hydrogen-bond donors (Lipinski definition) is 2. The molecule has 0 radical (unpaired) electrons. The van der Waals surface area contributed by atoms with Gasteiger partial charge in [-0.1, -0.05) is 28.1 Å². The molecule has 13 heavy (non-hydrogen) atoms. The predicted octanol–water partition coefficient (Wildman–Crippen LogP) is 1.96. The lowest BCUT2D eigenvalue weighted by molar-refractivity contribution is -0.138. The van der Waals surface area contributed by atoms with Crippen LogP contribution in [0.3, 0.4) is 0 Å². The standard InChI is InChI=1S/C8H8BrNO2.ClH/c9-6-3-1-2-5(4-6)7(10)8(11)12;/h1-4,7H,10H2,(H,11,12);1H/t7-;/m0./s1. The van der Waals surface area contributed by atoms with Crippen molar-refractivity contribution in [2.75, 3.05) is 0 Å². The monoisotopic (exact) mass is 265 g/mol. The molecule has 0 aliphatic carbocycles. The smallest absolute Gasteiger partial charge is 0.325 e. The highest BCUT2D eigenvalue weighted by Gasteiger charge is 2.13. The zero-order valence-electron chi connectivity index (χ0n) is 6.61. The summed E-state index contributed by atoms with van der Waals surface area (Å²) in [6.07, 6.45) is 0. The summed E-state index contributed by atoms with van der Waals surface area (Å²) in [5.74, 6) is -1.02. The van der Waals surface area contributed by atoms with Crippen molar-refractivity contribution in [3.05, 3.63) is 34.3 Å². The van der Waals surface area contributed by atoms with Crippen molar-refractivity contribution < 1.29 is 9.90 Å². The molecule has 0 aliphatic rings. The first-order chi connectivity index (χ1) is 5.61. The average molecular weight is 267 g/mol. The van der Waals surface area contributed by atoms with Crippen LogP contribution in [0.5, 0.6) is 0 Å². The Labute approximate surface area is 90.5 Å². The molecule has 0 saturated heterocycles. The fraction of sp³-hybridized carbons (Fsp3) is 0.125. The molecule has 0 unspecified atom stereocenters. The minimum absolute atomic E-state index is 0. The molecule has 3 N–H and O–H groups in total. The third kappa shape index (κ3) is 3.34. The Morgan fingerprint density at radius 1 is 1.54 bits per heavy atom. The molecule has 1 rings (SSSR count). The number of nitrogens with two attached hydrogens (primary N) is 1. The molecule has 0 aliphatic heterocycles. The van der Waals surface area contributed by atoms with Crippen LogP contribution < -0.4 is 5.73 Å². The van der Waals surface area contributed by atoms with Gasteiger partial charge in [-0.25, -0.2) is 0 Å². The molecule has 1 atom stereocenters. The molecular formula is C8H9BrClNO2. The summed E-state index contributed by atoms with van der Waals surface area (Å²) in [7, 11) is 0. The van der Waals surface area contributed by atoms with E-state index in [9.17, 15) is 4.79 Å². The molecule has 0 aromatic heterocycles. The second-order valence-corrected chi connectivity index (χ2v) is 3.29. The van der Waals surface area contributed by atoms with E-state index in [1.54, 1.807) is 18.2 Å². The molecule has 1 aromatic rings. The molecule has 0 fully saturated rings. The predicted molar refractivity (Wildman–Crippen MR) is 56.0 cm³/mol. The van der Waals surface area contributed by atoms with Crippen molar-refractivity contribution >= 4 is 34.3 Å². The van der Waals surface area contributed by atoms with Crippen LogP contribution in [0.15, 0.2) is 28.7 Å². The third-order valence-corrected chi connectivity index (χ3v) is 1.97. The summed E-state index contributed by atoms with van der Waals surface area (Å²) >= 11 is 3.23. The Morgan fingerprint density at radius 3 is 2.62 bits per heavy atom. The minimum Gasteiger partial charge on any atom is -0.480 e. The molecule has 0 amide bonds. The number of rotatable bonds is 2. The maximum absolute atomic E-state index is 10.5. The second-order valence-electron chi connectivity index (χ2n) is 2.37. The summed E-state index contributed by atoms with van der Waals surface area (Å²) < 4.78 is 0.830. The second kappa shape index (κ2) is 5.21. The van der Waals surface area contributed by atoms with E-state index in [0.29, 0.717) is 5.56 Å². The molecule has 3 nitrogen and oxygen atoms in total. The number of halogens is 2. The Morgan fingerprint density at radius 2 is 2.15 bits per heavy atom.